The normalized spacial score (nSPS) is 24.6. The first-order chi connectivity index (χ1) is 32.8. The molecule has 2 amide bonds. The number of benzene rings is 4. The van der Waals surface area contributed by atoms with Crippen molar-refractivity contribution in [1.29, 1.82) is 5.26 Å². The number of fused-ring (bicyclic) bond motifs is 3. The number of ether oxygens (including phenoxy) is 4. The lowest BCUT2D eigenvalue weighted by atomic mass is 9.55. The molecule has 2 heterocycles. The van der Waals surface area contributed by atoms with Crippen molar-refractivity contribution < 1.29 is 43.6 Å². The number of amides is 2. The number of aliphatic hydroxyl groups excluding tert-OH is 2. The van der Waals surface area contributed by atoms with Crippen molar-refractivity contribution >= 4 is 28.5 Å². The van der Waals surface area contributed by atoms with E-state index in [1.807, 2.05) is 48.2 Å². The van der Waals surface area contributed by atoms with Crippen molar-refractivity contribution in [2.24, 2.45) is 22.9 Å². The molecule has 0 bridgehead atoms. The van der Waals surface area contributed by atoms with Gasteiger partial charge in [0.05, 0.1) is 36.5 Å². The lowest BCUT2D eigenvalue weighted by Crippen LogP contribution is -2.70. The van der Waals surface area contributed by atoms with Crippen LogP contribution in [0, 0.1) is 29.1 Å². The van der Waals surface area contributed by atoms with Gasteiger partial charge in [-0.25, -0.2) is 4.79 Å². The molecule has 4 aliphatic rings. The van der Waals surface area contributed by atoms with Gasteiger partial charge in [0, 0.05) is 56.2 Å². The summed E-state index contributed by atoms with van der Waals surface area (Å²) in [5.74, 6) is -1.93. The molecule has 4 aromatic carbocycles. The molecule has 3 N–H and O–H groups in total. The van der Waals surface area contributed by atoms with Gasteiger partial charge in [0.2, 0.25) is 12.1 Å². The van der Waals surface area contributed by atoms with Crippen LogP contribution in [0.15, 0.2) is 114 Å². The fraction of sp³-hybridized carbons (Fsp3) is 0.444. The summed E-state index contributed by atoms with van der Waals surface area (Å²) in [5, 5.41) is 39.5. The highest BCUT2D eigenvalue weighted by atomic mass is 16.8. The lowest BCUT2D eigenvalue weighted by Gasteiger charge is -2.60. The lowest BCUT2D eigenvalue weighted by molar-refractivity contribution is -0.255. The number of nitrogens with zero attached hydrogens (tertiary/aromatic N) is 3. The van der Waals surface area contributed by atoms with E-state index in [1.165, 1.54) is 0 Å². The first kappa shape index (κ1) is 47.5. The average molecular weight is 911 g/mol. The van der Waals surface area contributed by atoms with Gasteiger partial charge in [-0.15, -0.1) is 6.58 Å². The van der Waals surface area contributed by atoms with Crippen molar-refractivity contribution in [3.05, 3.63) is 131 Å². The molecule has 8 rings (SSSR count). The molecule has 13 heteroatoms. The molecular weight excluding hydrogens is 849 g/mol. The molecule has 7 atom stereocenters. The first-order valence-corrected chi connectivity index (χ1v) is 23.9. The topological polar surface area (TPSA) is 172 Å². The summed E-state index contributed by atoms with van der Waals surface area (Å²) in [4.78, 5) is 36.7. The van der Waals surface area contributed by atoms with Gasteiger partial charge in [-0.05, 0) is 122 Å². The molecule has 4 aromatic rings. The highest BCUT2D eigenvalue weighted by Crippen LogP contribution is 2.62. The van der Waals surface area contributed by atoms with Gasteiger partial charge in [-0.2, -0.15) is 5.26 Å². The van der Waals surface area contributed by atoms with E-state index < -0.39 is 30.1 Å². The SMILES string of the molecule is C=CCOC12Oc3ccc(OC(=O)NCC)cc3C3C(CCCCO)C(CCCCO)C=C(C(=NOC4CCCCO4)CC1N(Cc1cccc4ccccc14)C(=O)c1ccc(C#N)cc1)C32. The number of hydrogen-bond acceptors (Lipinski definition) is 11. The van der Waals surface area contributed by atoms with Crippen LogP contribution in [0.2, 0.25) is 0 Å². The fourth-order valence-electron chi connectivity index (χ4n) is 10.7. The van der Waals surface area contributed by atoms with E-state index in [9.17, 15) is 20.3 Å². The molecule has 352 valence electrons. The molecule has 1 saturated carbocycles. The van der Waals surface area contributed by atoms with Crippen molar-refractivity contribution in [2.75, 3.05) is 33.0 Å². The van der Waals surface area contributed by atoms with Crippen LogP contribution in [0.3, 0.4) is 0 Å². The van der Waals surface area contributed by atoms with Gasteiger partial charge < -0.3 is 44.2 Å². The third-order valence-electron chi connectivity index (χ3n) is 13.7. The van der Waals surface area contributed by atoms with Crippen LogP contribution in [0.25, 0.3) is 10.8 Å². The van der Waals surface area contributed by atoms with Crippen LogP contribution in [-0.4, -0.2) is 83.9 Å². The quantitative estimate of drug-likeness (QED) is 0.0468. The minimum Gasteiger partial charge on any atom is -0.459 e. The van der Waals surface area contributed by atoms with E-state index >= 15 is 4.79 Å². The van der Waals surface area contributed by atoms with E-state index in [2.05, 4.69) is 42.2 Å². The second-order valence-corrected chi connectivity index (χ2v) is 17.9. The molecule has 2 aliphatic heterocycles. The van der Waals surface area contributed by atoms with Gasteiger partial charge in [-0.3, -0.25) is 4.79 Å². The van der Waals surface area contributed by atoms with Crippen LogP contribution in [-0.2, 0) is 20.9 Å². The Labute approximate surface area is 393 Å². The average Bonchev–Trinajstić information content (AvgIpc) is 3.35. The van der Waals surface area contributed by atoms with E-state index in [4.69, 9.17) is 28.9 Å². The molecule has 13 nitrogen and oxygen atoms in total. The number of allylic oxidation sites excluding steroid dienone is 1. The van der Waals surface area contributed by atoms with Crippen LogP contribution >= 0.6 is 0 Å². The number of nitriles is 1. The van der Waals surface area contributed by atoms with Crippen molar-refractivity contribution in [3.8, 4) is 17.6 Å². The fourth-order valence-corrected chi connectivity index (χ4v) is 10.7. The van der Waals surface area contributed by atoms with Crippen LogP contribution in [0.5, 0.6) is 11.5 Å². The molecule has 0 aromatic heterocycles. The Morgan fingerprint density at radius 2 is 1.79 bits per heavy atom. The predicted molar refractivity (Wildman–Crippen MR) is 254 cm³/mol. The Morgan fingerprint density at radius 3 is 2.54 bits per heavy atom. The third kappa shape index (κ3) is 10.3. The number of oxime groups is 1. The summed E-state index contributed by atoms with van der Waals surface area (Å²) in [5.41, 5.74) is 4.09. The summed E-state index contributed by atoms with van der Waals surface area (Å²) in [7, 11) is 0. The number of aliphatic hydroxyl groups is 2. The van der Waals surface area contributed by atoms with Crippen molar-refractivity contribution in [2.45, 2.75) is 102 Å². The van der Waals surface area contributed by atoms with Crippen molar-refractivity contribution in [1.82, 2.24) is 10.2 Å². The minimum absolute atomic E-state index is 0.00254. The summed E-state index contributed by atoms with van der Waals surface area (Å²) in [6.45, 7) is 7.24. The predicted octanol–water partition coefficient (Wildman–Crippen LogP) is 9.32. The first-order valence-electron chi connectivity index (χ1n) is 23.9. The zero-order chi connectivity index (χ0) is 46.8. The Bertz CT molecular complexity index is 2470. The number of carbonyl (C=O) groups excluding carboxylic acids is 2. The second kappa shape index (κ2) is 22.2. The Morgan fingerprint density at radius 1 is 1.00 bits per heavy atom. The van der Waals surface area contributed by atoms with E-state index in [0.717, 1.165) is 66.0 Å². The largest absolute Gasteiger partial charge is 0.459 e. The van der Waals surface area contributed by atoms with Gasteiger partial charge in [0.1, 0.15) is 17.5 Å². The number of hydrogen-bond donors (Lipinski definition) is 3. The number of nitrogens with one attached hydrogen (secondary N) is 1. The van der Waals surface area contributed by atoms with E-state index in [-0.39, 0.29) is 56.4 Å². The zero-order valence-electron chi connectivity index (χ0n) is 38.3. The molecule has 2 aliphatic carbocycles. The maximum absolute atomic E-state index is 15.6. The number of rotatable bonds is 19. The third-order valence-corrected chi connectivity index (χ3v) is 13.7. The minimum atomic E-state index is -1.54. The van der Waals surface area contributed by atoms with Crippen LogP contribution in [0.1, 0.15) is 104 Å². The smallest absolute Gasteiger partial charge is 0.412 e. The molecule has 2 fully saturated rings. The number of carbonyl (C=O) groups is 2. The maximum Gasteiger partial charge on any atom is 0.412 e. The standard InChI is InChI=1S/C54H62N4O9/c1-3-29-64-54-48(58(52(61)38-23-21-36(34-55)22-24-38)35-40-17-13-16-37-14-5-6-18-42(37)40)33-46(57-67-49-20-9-12-30-63-49)44-31-39(15-7-10-27-59)43(19-8-11-28-60)50(51(44)54)45-32-41(25-26-47(45)66-54)65-53(62)56-4-2/h3,5-6,13-14,16-18,21-26,31-32,39,43,48-51,59-60H,1,4,7-12,15,19-20,27-30,33,35H2,2H3,(H,56,62). The van der Waals surface area contributed by atoms with Gasteiger partial charge in [0.25, 0.3) is 5.91 Å². The van der Waals surface area contributed by atoms with Crippen LogP contribution in [0.4, 0.5) is 4.79 Å². The summed E-state index contributed by atoms with van der Waals surface area (Å²) < 4.78 is 26.6. The molecule has 0 radical (unpaired) electrons. The molecule has 67 heavy (non-hydrogen) atoms. The number of unbranched alkanes of at least 4 members (excludes halogenated alkanes) is 2. The van der Waals surface area contributed by atoms with Gasteiger partial charge in [-0.1, -0.05) is 72.6 Å². The highest BCUT2D eigenvalue weighted by molar-refractivity contribution is 6.03. The second-order valence-electron chi connectivity index (χ2n) is 17.9. The van der Waals surface area contributed by atoms with E-state index in [1.54, 1.807) is 36.4 Å². The van der Waals surface area contributed by atoms with E-state index in [0.29, 0.717) is 60.8 Å². The van der Waals surface area contributed by atoms with Gasteiger partial charge in [0.15, 0.2) is 0 Å². The Balaban J connectivity index is 1.38. The Kier molecular flexibility index (Phi) is 15.7. The molecule has 0 spiro atoms. The molecular formula is C54H62N4O9. The van der Waals surface area contributed by atoms with Crippen molar-refractivity contribution in [3.63, 3.8) is 0 Å². The van der Waals surface area contributed by atoms with Gasteiger partial charge >= 0.3 is 6.09 Å². The summed E-state index contributed by atoms with van der Waals surface area (Å²) in [6, 6.07) is 27.6. The molecule has 7 unspecified atom stereocenters. The zero-order valence-corrected chi connectivity index (χ0v) is 38.3. The molecule has 1 saturated heterocycles. The maximum atomic E-state index is 15.6. The van der Waals surface area contributed by atoms with Crippen LogP contribution < -0.4 is 14.8 Å². The Hall–Kier alpha value is -6.04. The summed E-state index contributed by atoms with van der Waals surface area (Å²) >= 11 is 0. The monoisotopic (exact) mass is 910 g/mol. The highest BCUT2D eigenvalue weighted by Gasteiger charge is 2.65. The summed E-state index contributed by atoms with van der Waals surface area (Å²) in [6.07, 6.45) is 9.89.